The third-order valence-corrected chi connectivity index (χ3v) is 4.60. The summed E-state index contributed by atoms with van der Waals surface area (Å²) < 4.78 is 0. The molecule has 2 nitrogen and oxygen atoms in total. The molecular formula is C17H27NO. The molecule has 0 aromatic carbocycles. The summed E-state index contributed by atoms with van der Waals surface area (Å²) in [5.74, 6) is 0.196. The van der Waals surface area contributed by atoms with Crippen LogP contribution in [0.15, 0.2) is 23.3 Å². The van der Waals surface area contributed by atoms with Gasteiger partial charge < -0.3 is 4.90 Å². The van der Waals surface area contributed by atoms with E-state index in [4.69, 9.17) is 0 Å². The number of carbonyl (C=O) groups excluding carboxylic acids is 1. The first kappa shape index (κ1) is 14.4. The van der Waals surface area contributed by atoms with E-state index in [2.05, 4.69) is 26.8 Å². The minimum absolute atomic E-state index is 0.196. The van der Waals surface area contributed by atoms with E-state index in [0.29, 0.717) is 0 Å². The molecule has 2 heteroatoms. The maximum absolute atomic E-state index is 12.2. The van der Waals surface area contributed by atoms with Gasteiger partial charge in [0, 0.05) is 19.2 Å². The highest BCUT2D eigenvalue weighted by atomic mass is 16.2. The van der Waals surface area contributed by atoms with Crippen molar-refractivity contribution in [1.82, 2.24) is 4.90 Å². The molecule has 0 atom stereocenters. The minimum atomic E-state index is 0.196. The summed E-state index contributed by atoms with van der Waals surface area (Å²) in [6.45, 7) is 8.67. The highest BCUT2D eigenvalue weighted by Crippen LogP contribution is 2.40. The molecule has 0 unspecified atom stereocenters. The molecule has 0 aromatic rings. The monoisotopic (exact) mass is 261 g/mol. The second kappa shape index (κ2) is 5.94. The maximum atomic E-state index is 12.2. The zero-order valence-corrected chi connectivity index (χ0v) is 12.7. The van der Waals surface area contributed by atoms with Gasteiger partial charge >= 0.3 is 0 Å². The molecule has 1 fully saturated rings. The Morgan fingerprint density at radius 2 is 1.84 bits per heavy atom. The Hall–Kier alpha value is -1.05. The van der Waals surface area contributed by atoms with E-state index in [0.717, 1.165) is 25.9 Å². The fraction of sp³-hybridized carbons (Fsp3) is 0.706. The smallest absolute Gasteiger partial charge is 0.246 e. The number of nitrogens with zero attached hydrogens (tertiary/aromatic N) is 1. The van der Waals surface area contributed by atoms with Gasteiger partial charge in [0.1, 0.15) is 0 Å². The molecule has 0 bridgehead atoms. The van der Waals surface area contributed by atoms with Gasteiger partial charge in [0.25, 0.3) is 0 Å². The van der Waals surface area contributed by atoms with Crippen LogP contribution in [0.2, 0.25) is 0 Å². The molecular weight excluding hydrogens is 234 g/mol. The van der Waals surface area contributed by atoms with E-state index >= 15 is 0 Å². The molecule has 1 amide bonds. The third-order valence-electron chi connectivity index (χ3n) is 4.60. The van der Waals surface area contributed by atoms with Crippen molar-refractivity contribution in [3.8, 4) is 0 Å². The molecule has 0 saturated carbocycles. The summed E-state index contributed by atoms with van der Waals surface area (Å²) in [4.78, 5) is 14.2. The van der Waals surface area contributed by atoms with Crippen molar-refractivity contribution < 1.29 is 4.79 Å². The number of hydrogen-bond donors (Lipinski definition) is 0. The lowest BCUT2D eigenvalue weighted by Crippen LogP contribution is -2.34. The van der Waals surface area contributed by atoms with E-state index in [1.165, 1.54) is 36.8 Å². The standard InChI is InChI=1S/C17H27NO/c1-14-8-7-11-17(2,3)15(14)9-10-16(19)18-12-5-4-6-13-18/h9-10H,4-8,11-13H2,1-3H3. The predicted octanol–water partition coefficient (Wildman–Crippen LogP) is 4.08. The van der Waals surface area contributed by atoms with Crippen molar-refractivity contribution in [1.29, 1.82) is 0 Å². The summed E-state index contributed by atoms with van der Waals surface area (Å²) >= 11 is 0. The van der Waals surface area contributed by atoms with E-state index in [1.54, 1.807) is 6.08 Å². The summed E-state index contributed by atoms with van der Waals surface area (Å²) in [7, 11) is 0. The Balaban J connectivity index is 2.06. The highest BCUT2D eigenvalue weighted by Gasteiger charge is 2.26. The molecule has 0 N–H and O–H groups in total. The normalized spacial score (nSPS) is 24.1. The topological polar surface area (TPSA) is 20.3 Å². The largest absolute Gasteiger partial charge is 0.339 e. The van der Waals surface area contributed by atoms with Crippen molar-refractivity contribution in [3.63, 3.8) is 0 Å². The number of allylic oxidation sites excluding steroid dienone is 3. The van der Waals surface area contributed by atoms with Crippen LogP contribution in [0, 0.1) is 5.41 Å². The fourth-order valence-electron chi connectivity index (χ4n) is 3.38. The van der Waals surface area contributed by atoms with Crippen LogP contribution in [0.5, 0.6) is 0 Å². The van der Waals surface area contributed by atoms with Crippen LogP contribution in [0.1, 0.15) is 59.3 Å². The first-order valence-electron chi connectivity index (χ1n) is 7.68. The van der Waals surface area contributed by atoms with E-state index in [9.17, 15) is 4.79 Å². The minimum Gasteiger partial charge on any atom is -0.339 e. The van der Waals surface area contributed by atoms with Crippen molar-refractivity contribution in [3.05, 3.63) is 23.3 Å². The molecule has 2 rings (SSSR count). The third kappa shape index (κ3) is 3.49. The second-order valence-corrected chi connectivity index (χ2v) is 6.65. The molecule has 0 aromatic heterocycles. The maximum Gasteiger partial charge on any atom is 0.246 e. The van der Waals surface area contributed by atoms with Gasteiger partial charge in [0.2, 0.25) is 5.91 Å². The first-order chi connectivity index (χ1) is 9.00. The quantitative estimate of drug-likeness (QED) is 0.686. The fourth-order valence-corrected chi connectivity index (χ4v) is 3.38. The molecule has 2 aliphatic rings. The van der Waals surface area contributed by atoms with Crippen molar-refractivity contribution >= 4 is 5.91 Å². The lowest BCUT2D eigenvalue weighted by atomic mass is 9.72. The molecule has 0 spiro atoms. The number of hydrogen-bond acceptors (Lipinski definition) is 1. The van der Waals surface area contributed by atoms with Crippen LogP contribution in [0.3, 0.4) is 0 Å². The lowest BCUT2D eigenvalue weighted by molar-refractivity contribution is -0.126. The molecule has 1 saturated heterocycles. The van der Waals surface area contributed by atoms with Crippen LogP contribution >= 0.6 is 0 Å². The van der Waals surface area contributed by atoms with Gasteiger partial charge in [0.05, 0.1) is 0 Å². The Labute approximate surface area is 117 Å². The molecule has 1 heterocycles. The number of amides is 1. The molecule has 1 aliphatic carbocycles. The summed E-state index contributed by atoms with van der Waals surface area (Å²) in [5.41, 5.74) is 3.06. The zero-order valence-electron chi connectivity index (χ0n) is 12.7. The SMILES string of the molecule is CC1=C(C=CC(=O)N2CCCCC2)C(C)(C)CCC1. The first-order valence-corrected chi connectivity index (χ1v) is 7.68. The molecule has 1 aliphatic heterocycles. The Bertz CT molecular complexity index is 397. The van der Waals surface area contributed by atoms with Gasteiger partial charge in [-0.3, -0.25) is 4.79 Å². The number of likely N-dealkylation sites (tertiary alicyclic amines) is 1. The lowest BCUT2D eigenvalue weighted by Gasteiger charge is -2.33. The van der Waals surface area contributed by atoms with Crippen LogP contribution < -0.4 is 0 Å². The van der Waals surface area contributed by atoms with Crippen molar-refractivity contribution in [2.75, 3.05) is 13.1 Å². The van der Waals surface area contributed by atoms with E-state index in [-0.39, 0.29) is 11.3 Å². The highest BCUT2D eigenvalue weighted by molar-refractivity contribution is 5.88. The summed E-state index contributed by atoms with van der Waals surface area (Å²) in [6, 6.07) is 0. The number of carbonyl (C=O) groups is 1. The Kier molecular flexibility index (Phi) is 4.49. The van der Waals surface area contributed by atoms with Crippen LogP contribution in [0.25, 0.3) is 0 Å². The molecule has 0 radical (unpaired) electrons. The Morgan fingerprint density at radius 3 is 2.47 bits per heavy atom. The van der Waals surface area contributed by atoms with Gasteiger partial charge in [0.15, 0.2) is 0 Å². The molecule has 19 heavy (non-hydrogen) atoms. The second-order valence-electron chi connectivity index (χ2n) is 6.65. The summed E-state index contributed by atoms with van der Waals surface area (Å²) in [6.07, 6.45) is 11.2. The number of rotatable bonds is 2. The van der Waals surface area contributed by atoms with Gasteiger partial charge in [-0.15, -0.1) is 0 Å². The Morgan fingerprint density at radius 1 is 1.16 bits per heavy atom. The predicted molar refractivity (Wildman–Crippen MR) is 79.9 cm³/mol. The number of piperidine rings is 1. The average molecular weight is 261 g/mol. The average Bonchev–Trinajstić information content (AvgIpc) is 2.38. The zero-order chi connectivity index (χ0) is 13.9. The summed E-state index contributed by atoms with van der Waals surface area (Å²) in [5, 5.41) is 0. The van der Waals surface area contributed by atoms with E-state index in [1.807, 2.05) is 4.90 Å². The van der Waals surface area contributed by atoms with E-state index < -0.39 is 0 Å². The van der Waals surface area contributed by atoms with Crippen LogP contribution in [0.4, 0.5) is 0 Å². The van der Waals surface area contributed by atoms with Crippen LogP contribution in [-0.4, -0.2) is 23.9 Å². The van der Waals surface area contributed by atoms with Crippen LogP contribution in [-0.2, 0) is 4.79 Å². The van der Waals surface area contributed by atoms with Gasteiger partial charge in [-0.2, -0.15) is 0 Å². The van der Waals surface area contributed by atoms with Crippen molar-refractivity contribution in [2.45, 2.75) is 59.3 Å². The van der Waals surface area contributed by atoms with Gasteiger partial charge in [-0.25, -0.2) is 0 Å². The molecule has 106 valence electrons. The van der Waals surface area contributed by atoms with Gasteiger partial charge in [-0.1, -0.05) is 25.5 Å². The van der Waals surface area contributed by atoms with Crippen molar-refractivity contribution in [2.24, 2.45) is 5.41 Å². The van der Waals surface area contributed by atoms with Gasteiger partial charge in [-0.05, 0) is 56.4 Å².